The Balaban J connectivity index is 2.16. The first-order valence-corrected chi connectivity index (χ1v) is 6.57. The first-order valence-electron chi connectivity index (χ1n) is 5.50. The maximum absolute atomic E-state index is 12.0. The van der Waals surface area contributed by atoms with E-state index in [1.807, 2.05) is 31.2 Å². The van der Waals surface area contributed by atoms with Crippen molar-refractivity contribution in [1.29, 1.82) is 0 Å². The van der Waals surface area contributed by atoms with Crippen LogP contribution in [0.4, 0.5) is 0 Å². The third kappa shape index (κ3) is 3.11. The van der Waals surface area contributed by atoms with Crippen molar-refractivity contribution in [2.24, 2.45) is 0 Å². The third-order valence-corrected chi connectivity index (χ3v) is 3.38. The van der Waals surface area contributed by atoms with Crippen LogP contribution < -0.4 is 8.92 Å². The third-order valence-electron chi connectivity index (χ3n) is 2.40. The van der Waals surface area contributed by atoms with Gasteiger partial charge in [-0.25, -0.2) is 4.21 Å². The first-order chi connectivity index (χ1) is 8.69. The van der Waals surface area contributed by atoms with Gasteiger partial charge >= 0.3 is 0 Å². The summed E-state index contributed by atoms with van der Waals surface area (Å²) in [6.45, 7) is 1.95. The topological polar surface area (TPSA) is 35.5 Å². The van der Waals surface area contributed by atoms with E-state index in [0.717, 1.165) is 5.56 Å². The predicted octanol–water partition coefficient (Wildman–Crippen LogP) is 3.11. The zero-order valence-corrected chi connectivity index (χ0v) is 11.1. The molecule has 0 saturated carbocycles. The summed E-state index contributed by atoms with van der Waals surface area (Å²) in [5, 5.41) is 0. The molecule has 0 amide bonds. The minimum atomic E-state index is -1.51. The van der Waals surface area contributed by atoms with E-state index < -0.39 is 11.1 Å². The maximum atomic E-state index is 12.0. The summed E-state index contributed by atoms with van der Waals surface area (Å²) in [5.41, 5.74) is 1.05. The van der Waals surface area contributed by atoms with Crippen LogP contribution in [-0.4, -0.2) is 11.3 Å². The average Bonchev–Trinajstić information content (AvgIpc) is 2.39. The van der Waals surface area contributed by atoms with E-state index in [4.69, 9.17) is 8.92 Å². The highest BCUT2D eigenvalue weighted by molar-refractivity contribution is 7.80. The molecule has 4 heteroatoms. The van der Waals surface area contributed by atoms with Crippen molar-refractivity contribution in [3.8, 4) is 11.5 Å². The van der Waals surface area contributed by atoms with Gasteiger partial charge in [-0.05, 0) is 36.8 Å². The monoisotopic (exact) mass is 262 g/mol. The highest BCUT2D eigenvalue weighted by Crippen LogP contribution is 2.21. The van der Waals surface area contributed by atoms with Crippen molar-refractivity contribution in [3.63, 3.8) is 0 Å². The normalized spacial score (nSPS) is 11.9. The van der Waals surface area contributed by atoms with Crippen LogP contribution in [0.1, 0.15) is 5.56 Å². The molecule has 2 rings (SSSR count). The Kier molecular flexibility index (Phi) is 3.99. The molecular weight excluding hydrogens is 248 g/mol. The van der Waals surface area contributed by atoms with Crippen LogP contribution in [-0.2, 0) is 11.1 Å². The van der Waals surface area contributed by atoms with E-state index in [1.165, 1.54) is 0 Å². The standard InChI is InChI=1S/C14H14O3S/c1-11-5-3-8-14(9-11)18(15)17-13-7-4-6-12(10-13)16-2/h3-10H,1-2H3. The summed E-state index contributed by atoms with van der Waals surface area (Å²) in [4.78, 5) is 0.651. The molecule has 0 aliphatic rings. The molecule has 0 aliphatic carbocycles. The minimum absolute atomic E-state index is 0.522. The number of rotatable bonds is 4. The van der Waals surface area contributed by atoms with Crippen LogP contribution in [0.2, 0.25) is 0 Å². The van der Waals surface area contributed by atoms with Crippen molar-refractivity contribution in [3.05, 3.63) is 54.1 Å². The average molecular weight is 262 g/mol. The summed E-state index contributed by atoms with van der Waals surface area (Å²) in [6.07, 6.45) is 0. The molecule has 1 unspecified atom stereocenters. The molecule has 94 valence electrons. The van der Waals surface area contributed by atoms with Crippen LogP contribution in [0, 0.1) is 6.92 Å². The molecule has 1 atom stereocenters. The summed E-state index contributed by atoms with van der Waals surface area (Å²) in [5.74, 6) is 1.20. The van der Waals surface area contributed by atoms with Crippen LogP contribution >= 0.6 is 0 Å². The van der Waals surface area contributed by atoms with Crippen LogP contribution in [0.15, 0.2) is 53.4 Å². The number of ether oxygens (including phenoxy) is 1. The van der Waals surface area contributed by atoms with Crippen molar-refractivity contribution >= 4 is 11.1 Å². The molecule has 0 aliphatic heterocycles. The van der Waals surface area contributed by atoms with Gasteiger partial charge in [-0.15, -0.1) is 0 Å². The SMILES string of the molecule is COc1cccc(OS(=O)c2cccc(C)c2)c1. The largest absolute Gasteiger partial charge is 0.497 e. The lowest BCUT2D eigenvalue weighted by atomic mass is 10.2. The molecule has 3 nitrogen and oxygen atoms in total. The zero-order chi connectivity index (χ0) is 13.0. The molecule has 2 aromatic rings. The van der Waals surface area contributed by atoms with Gasteiger partial charge in [0.15, 0.2) is 0 Å². The van der Waals surface area contributed by atoms with Crippen molar-refractivity contribution in [2.75, 3.05) is 7.11 Å². The van der Waals surface area contributed by atoms with E-state index in [2.05, 4.69) is 0 Å². The zero-order valence-electron chi connectivity index (χ0n) is 10.3. The Morgan fingerprint density at radius 2 is 1.72 bits per heavy atom. The highest BCUT2D eigenvalue weighted by Gasteiger charge is 2.07. The molecular formula is C14H14O3S. The highest BCUT2D eigenvalue weighted by atomic mass is 32.2. The van der Waals surface area contributed by atoms with Gasteiger partial charge in [0.05, 0.1) is 12.0 Å². The van der Waals surface area contributed by atoms with Crippen LogP contribution in [0.5, 0.6) is 11.5 Å². The van der Waals surface area contributed by atoms with Gasteiger partial charge in [-0.1, -0.05) is 18.2 Å². The Hall–Kier alpha value is -1.81. The summed E-state index contributed by atoms with van der Waals surface area (Å²) in [7, 11) is 1.58. The van der Waals surface area contributed by atoms with Gasteiger partial charge < -0.3 is 8.92 Å². The molecule has 0 radical (unpaired) electrons. The van der Waals surface area contributed by atoms with Gasteiger partial charge in [0.1, 0.15) is 11.5 Å². The Morgan fingerprint density at radius 3 is 2.44 bits per heavy atom. The lowest BCUT2D eigenvalue weighted by molar-refractivity contribution is 0.412. The Bertz CT molecular complexity index is 566. The van der Waals surface area contributed by atoms with Crippen LogP contribution in [0.25, 0.3) is 0 Å². The van der Waals surface area contributed by atoms with E-state index in [-0.39, 0.29) is 0 Å². The predicted molar refractivity (Wildman–Crippen MR) is 71.2 cm³/mol. The quantitative estimate of drug-likeness (QED) is 0.849. The summed E-state index contributed by atoms with van der Waals surface area (Å²) in [6, 6.07) is 14.5. The maximum Gasteiger partial charge on any atom is 0.240 e. The minimum Gasteiger partial charge on any atom is -0.497 e. The second-order valence-corrected chi connectivity index (χ2v) is 4.92. The van der Waals surface area contributed by atoms with Gasteiger partial charge in [-0.3, -0.25) is 0 Å². The molecule has 2 aromatic carbocycles. The lowest BCUT2D eigenvalue weighted by Crippen LogP contribution is -2.01. The molecule has 0 fully saturated rings. The number of hydrogen-bond donors (Lipinski definition) is 0. The van der Waals surface area contributed by atoms with Gasteiger partial charge in [-0.2, -0.15) is 0 Å². The van der Waals surface area contributed by atoms with Gasteiger partial charge in [0, 0.05) is 6.07 Å². The number of benzene rings is 2. The van der Waals surface area contributed by atoms with E-state index in [1.54, 1.807) is 31.4 Å². The fourth-order valence-corrected chi connectivity index (χ4v) is 2.35. The fourth-order valence-electron chi connectivity index (χ4n) is 1.51. The molecule has 0 saturated heterocycles. The molecule has 18 heavy (non-hydrogen) atoms. The van der Waals surface area contributed by atoms with Crippen molar-refractivity contribution in [2.45, 2.75) is 11.8 Å². The second kappa shape index (κ2) is 5.69. The first kappa shape index (κ1) is 12.6. The Morgan fingerprint density at radius 1 is 1.00 bits per heavy atom. The molecule has 0 N–H and O–H groups in total. The summed E-state index contributed by atoms with van der Waals surface area (Å²) >= 11 is -1.51. The molecule has 0 spiro atoms. The van der Waals surface area contributed by atoms with E-state index in [0.29, 0.717) is 16.4 Å². The van der Waals surface area contributed by atoms with Gasteiger partial charge in [0.25, 0.3) is 0 Å². The lowest BCUT2D eigenvalue weighted by Gasteiger charge is -2.06. The second-order valence-electron chi connectivity index (χ2n) is 3.81. The van der Waals surface area contributed by atoms with Crippen molar-refractivity contribution in [1.82, 2.24) is 0 Å². The summed E-state index contributed by atoms with van der Waals surface area (Å²) < 4.78 is 22.5. The number of methoxy groups -OCH3 is 1. The number of hydrogen-bond acceptors (Lipinski definition) is 3. The Labute approximate surface area is 109 Å². The molecule has 0 heterocycles. The van der Waals surface area contributed by atoms with Gasteiger partial charge in [0.2, 0.25) is 11.1 Å². The number of aryl methyl sites for hydroxylation is 1. The molecule has 0 aromatic heterocycles. The van der Waals surface area contributed by atoms with E-state index >= 15 is 0 Å². The van der Waals surface area contributed by atoms with E-state index in [9.17, 15) is 4.21 Å². The fraction of sp³-hybridized carbons (Fsp3) is 0.143. The smallest absolute Gasteiger partial charge is 0.240 e. The molecule has 0 bridgehead atoms. The van der Waals surface area contributed by atoms with Crippen molar-refractivity contribution < 1.29 is 13.1 Å². The van der Waals surface area contributed by atoms with Crippen LogP contribution in [0.3, 0.4) is 0 Å².